The highest BCUT2D eigenvalue weighted by atomic mass is 16.5. The van der Waals surface area contributed by atoms with Gasteiger partial charge in [-0.3, -0.25) is 4.90 Å². The van der Waals surface area contributed by atoms with Crippen LogP contribution in [0.2, 0.25) is 0 Å². The minimum atomic E-state index is 0.718. The highest BCUT2D eigenvalue weighted by Crippen LogP contribution is 2.24. The topological polar surface area (TPSA) is 41.5 Å². The fourth-order valence-corrected chi connectivity index (χ4v) is 3.70. The van der Waals surface area contributed by atoms with Gasteiger partial charge < -0.3 is 9.64 Å². The van der Waals surface area contributed by atoms with Crippen LogP contribution in [0.3, 0.4) is 0 Å². The fraction of sp³-hybridized carbons (Fsp3) is 0.556. The van der Waals surface area contributed by atoms with Crippen LogP contribution in [0.4, 0.5) is 5.82 Å². The standard InChI is InChI=1S/C18H24N4O/c1-2-6-17-16(5-1)18(20-14-19-17)22-9-7-21(8-10-22)12-15-4-3-11-23-13-15/h1-2,5-6,14-15H,3-4,7-13H2/t15-/m1/s1. The summed E-state index contributed by atoms with van der Waals surface area (Å²) < 4.78 is 5.61. The Bertz CT molecular complexity index is 643. The van der Waals surface area contributed by atoms with Crippen LogP contribution >= 0.6 is 0 Å². The molecule has 0 radical (unpaired) electrons. The van der Waals surface area contributed by atoms with E-state index in [1.54, 1.807) is 6.33 Å². The van der Waals surface area contributed by atoms with Crippen LogP contribution < -0.4 is 4.90 Å². The smallest absolute Gasteiger partial charge is 0.139 e. The lowest BCUT2D eigenvalue weighted by Crippen LogP contribution is -2.48. The molecule has 0 aliphatic carbocycles. The Kier molecular flexibility index (Phi) is 4.39. The first-order valence-electron chi connectivity index (χ1n) is 8.65. The molecule has 2 aliphatic rings. The zero-order valence-electron chi connectivity index (χ0n) is 13.5. The maximum absolute atomic E-state index is 5.61. The number of fused-ring (bicyclic) bond motifs is 1. The minimum Gasteiger partial charge on any atom is -0.381 e. The lowest BCUT2D eigenvalue weighted by Gasteiger charge is -2.37. The number of hydrogen-bond acceptors (Lipinski definition) is 5. The van der Waals surface area contributed by atoms with Gasteiger partial charge in [0.05, 0.1) is 12.1 Å². The van der Waals surface area contributed by atoms with Crippen LogP contribution in [0.15, 0.2) is 30.6 Å². The van der Waals surface area contributed by atoms with Crippen molar-refractivity contribution in [2.24, 2.45) is 5.92 Å². The van der Waals surface area contributed by atoms with Gasteiger partial charge in [0.15, 0.2) is 0 Å². The van der Waals surface area contributed by atoms with Crippen LogP contribution in [0, 0.1) is 5.92 Å². The quantitative estimate of drug-likeness (QED) is 0.869. The van der Waals surface area contributed by atoms with E-state index in [1.807, 2.05) is 6.07 Å². The van der Waals surface area contributed by atoms with Crippen LogP contribution in [0.5, 0.6) is 0 Å². The Hall–Kier alpha value is -1.72. The number of rotatable bonds is 3. The van der Waals surface area contributed by atoms with Crippen molar-refractivity contribution in [1.29, 1.82) is 0 Å². The molecule has 0 spiro atoms. The summed E-state index contributed by atoms with van der Waals surface area (Å²) in [4.78, 5) is 13.9. The third kappa shape index (κ3) is 3.31. The number of nitrogens with zero attached hydrogens (tertiary/aromatic N) is 4. The Balaban J connectivity index is 1.40. The van der Waals surface area contributed by atoms with E-state index < -0.39 is 0 Å². The number of ether oxygens (including phenoxy) is 1. The van der Waals surface area contributed by atoms with Crippen molar-refractivity contribution in [2.45, 2.75) is 12.8 Å². The van der Waals surface area contributed by atoms with E-state index in [0.29, 0.717) is 0 Å². The maximum atomic E-state index is 5.61. The minimum absolute atomic E-state index is 0.718. The predicted molar refractivity (Wildman–Crippen MR) is 91.7 cm³/mol. The third-order valence-electron chi connectivity index (χ3n) is 4.96. The van der Waals surface area contributed by atoms with E-state index in [9.17, 15) is 0 Å². The van der Waals surface area contributed by atoms with E-state index in [1.165, 1.54) is 19.4 Å². The number of hydrogen-bond donors (Lipinski definition) is 0. The first-order valence-corrected chi connectivity index (χ1v) is 8.65. The molecule has 1 aromatic heterocycles. The van der Waals surface area contributed by atoms with Crippen molar-refractivity contribution in [3.8, 4) is 0 Å². The molecule has 0 saturated carbocycles. The summed E-state index contributed by atoms with van der Waals surface area (Å²) in [5, 5.41) is 1.16. The fourth-order valence-electron chi connectivity index (χ4n) is 3.70. The molecular weight excluding hydrogens is 288 g/mol. The van der Waals surface area contributed by atoms with Gasteiger partial charge in [0.25, 0.3) is 0 Å². The lowest BCUT2D eigenvalue weighted by atomic mass is 10.0. The molecule has 122 valence electrons. The lowest BCUT2D eigenvalue weighted by molar-refractivity contribution is 0.0377. The summed E-state index contributed by atoms with van der Waals surface area (Å²) >= 11 is 0. The summed E-state index contributed by atoms with van der Waals surface area (Å²) in [6.45, 7) is 7.35. The molecule has 0 unspecified atom stereocenters. The summed E-state index contributed by atoms with van der Waals surface area (Å²) in [7, 11) is 0. The highest BCUT2D eigenvalue weighted by molar-refractivity contribution is 5.89. The van der Waals surface area contributed by atoms with Crippen LogP contribution in [-0.4, -0.2) is 60.8 Å². The molecule has 2 aromatic rings. The van der Waals surface area contributed by atoms with Crippen molar-refractivity contribution in [2.75, 3.05) is 50.8 Å². The van der Waals surface area contributed by atoms with Gasteiger partial charge >= 0.3 is 0 Å². The van der Waals surface area contributed by atoms with Crippen molar-refractivity contribution in [1.82, 2.24) is 14.9 Å². The van der Waals surface area contributed by atoms with Crippen molar-refractivity contribution in [3.63, 3.8) is 0 Å². The SMILES string of the molecule is c1ccc2c(N3CCN(C[C@H]4CCCOC4)CC3)ncnc2c1. The van der Waals surface area contributed by atoms with E-state index in [-0.39, 0.29) is 0 Å². The monoisotopic (exact) mass is 312 g/mol. The Morgan fingerprint density at radius 2 is 1.96 bits per heavy atom. The molecule has 0 N–H and O–H groups in total. The first kappa shape index (κ1) is 14.8. The molecule has 2 saturated heterocycles. The molecule has 0 bridgehead atoms. The Morgan fingerprint density at radius 3 is 2.78 bits per heavy atom. The van der Waals surface area contributed by atoms with Gasteiger partial charge in [0.2, 0.25) is 0 Å². The van der Waals surface area contributed by atoms with E-state index in [2.05, 4.69) is 38.0 Å². The normalized spacial score (nSPS) is 23.3. The average Bonchev–Trinajstić information content (AvgIpc) is 2.63. The summed E-state index contributed by atoms with van der Waals surface area (Å²) in [6.07, 6.45) is 4.22. The van der Waals surface area contributed by atoms with Crippen LogP contribution in [0.25, 0.3) is 10.9 Å². The summed E-state index contributed by atoms with van der Waals surface area (Å²) in [6, 6.07) is 8.27. The van der Waals surface area contributed by atoms with Crippen molar-refractivity contribution in [3.05, 3.63) is 30.6 Å². The molecule has 1 aromatic carbocycles. The molecular formula is C18H24N4O. The number of para-hydroxylation sites is 1. The predicted octanol–water partition coefficient (Wildman–Crippen LogP) is 2.18. The summed E-state index contributed by atoms with van der Waals surface area (Å²) in [5.41, 5.74) is 1.03. The van der Waals surface area contributed by atoms with Crippen LogP contribution in [-0.2, 0) is 4.74 Å². The van der Waals surface area contributed by atoms with Crippen molar-refractivity contribution < 1.29 is 4.74 Å². The van der Waals surface area contributed by atoms with Gasteiger partial charge in [-0.2, -0.15) is 0 Å². The zero-order valence-corrected chi connectivity index (χ0v) is 13.5. The molecule has 5 nitrogen and oxygen atoms in total. The third-order valence-corrected chi connectivity index (χ3v) is 4.96. The van der Waals surface area contributed by atoms with E-state index >= 15 is 0 Å². The highest BCUT2D eigenvalue weighted by Gasteiger charge is 2.23. The second-order valence-electron chi connectivity index (χ2n) is 6.59. The Morgan fingerprint density at radius 1 is 1.09 bits per heavy atom. The van der Waals surface area contributed by atoms with Gasteiger partial charge in [-0.05, 0) is 30.9 Å². The largest absolute Gasteiger partial charge is 0.381 e. The molecule has 1 atom stereocenters. The number of piperazine rings is 1. The number of aromatic nitrogens is 2. The van der Waals surface area contributed by atoms with Gasteiger partial charge in [-0.1, -0.05) is 12.1 Å². The molecule has 3 heterocycles. The van der Waals surface area contributed by atoms with Crippen LogP contribution in [0.1, 0.15) is 12.8 Å². The van der Waals surface area contributed by atoms with Gasteiger partial charge in [0.1, 0.15) is 12.1 Å². The van der Waals surface area contributed by atoms with E-state index in [4.69, 9.17) is 4.74 Å². The van der Waals surface area contributed by atoms with Crippen molar-refractivity contribution >= 4 is 16.7 Å². The number of benzene rings is 1. The van der Waals surface area contributed by atoms with E-state index in [0.717, 1.165) is 62.0 Å². The second kappa shape index (κ2) is 6.81. The van der Waals surface area contributed by atoms with Gasteiger partial charge in [-0.15, -0.1) is 0 Å². The first-order chi connectivity index (χ1) is 11.4. The average molecular weight is 312 g/mol. The summed E-state index contributed by atoms with van der Waals surface area (Å²) in [5.74, 6) is 1.80. The maximum Gasteiger partial charge on any atom is 0.139 e. The molecule has 5 heteroatoms. The molecule has 0 amide bonds. The zero-order chi connectivity index (χ0) is 15.5. The van der Waals surface area contributed by atoms with Gasteiger partial charge in [0, 0.05) is 44.7 Å². The molecule has 2 aliphatic heterocycles. The second-order valence-corrected chi connectivity index (χ2v) is 6.59. The van der Waals surface area contributed by atoms with Gasteiger partial charge in [-0.25, -0.2) is 9.97 Å². The number of anilines is 1. The molecule has 23 heavy (non-hydrogen) atoms. The molecule has 4 rings (SSSR count). The Labute approximate surface area is 137 Å². The molecule has 2 fully saturated rings.